The molecule has 0 saturated heterocycles. The minimum atomic E-state index is -0.221. The molecule has 4 nitrogen and oxygen atoms in total. The zero-order chi connectivity index (χ0) is 17.1. The van der Waals surface area contributed by atoms with E-state index in [4.69, 9.17) is 11.6 Å². The highest BCUT2D eigenvalue weighted by Crippen LogP contribution is 2.30. The molecule has 0 radical (unpaired) electrons. The number of rotatable bonds is 3. The summed E-state index contributed by atoms with van der Waals surface area (Å²) in [7, 11) is 0. The highest BCUT2D eigenvalue weighted by atomic mass is 35.5. The maximum absolute atomic E-state index is 12.4. The number of carbonyl (C=O) groups excluding carboxylic acids is 2. The van der Waals surface area contributed by atoms with E-state index in [0.29, 0.717) is 22.7 Å². The number of halogens is 1. The summed E-state index contributed by atoms with van der Waals surface area (Å²) >= 11 is 5.93. The van der Waals surface area contributed by atoms with Crippen molar-refractivity contribution in [3.63, 3.8) is 0 Å². The van der Waals surface area contributed by atoms with E-state index in [9.17, 15) is 9.59 Å². The maximum Gasteiger partial charge on any atom is 0.255 e. The van der Waals surface area contributed by atoms with Gasteiger partial charge in [-0.1, -0.05) is 30.7 Å². The molecule has 2 aromatic rings. The molecule has 2 amide bonds. The number of hydrogen-bond acceptors (Lipinski definition) is 2. The second-order valence-electron chi connectivity index (χ2n) is 5.81. The van der Waals surface area contributed by atoms with Gasteiger partial charge < -0.3 is 10.2 Å². The van der Waals surface area contributed by atoms with E-state index in [0.717, 1.165) is 30.6 Å². The third-order valence-electron chi connectivity index (χ3n) is 4.15. The van der Waals surface area contributed by atoms with E-state index in [1.807, 2.05) is 30.0 Å². The van der Waals surface area contributed by atoms with Gasteiger partial charge in [0.2, 0.25) is 5.91 Å². The molecule has 0 aromatic heterocycles. The monoisotopic (exact) mass is 342 g/mol. The van der Waals surface area contributed by atoms with Crippen molar-refractivity contribution in [3.05, 3.63) is 58.6 Å². The Morgan fingerprint density at radius 2 is 2.04 bits per heavy atom. The second kappa shape index (κ2) is 7.05. The molecule has 0 spiro atoms. The lowest BCUT2D eigenvalue weighted by Gasteiger charge is -2.29. The number of carbonyl (C=O) groups is 2. The van der Waals surface area contributed by atoms with Gasteiger partial charge in [0, 0.05) is 34.9 Å². The molecule has 0 fully saturated rings. The summed E-state index contributed by atoms with van der Waals surface area (Å²) in [4.78, 5) is 26.3. The van der Waals surface area contributed by atoms with Crippen molar-refractivity contribution in [1.82, 2.24) is 0 Å². The third kappa shape index (κ3) is 3.44. The summed E-state index contributed by atoms with van der Waals surface area (Å²) in [5.41, 5.74) is 3.22. The molecule has 1 aliphatic heterocycles. The van der Waals surface area contributed by atoms with Gasteiger partial charge in [-0.2, -0.15) is 0 Å². The first kappa shape index (κ1) is 16.5. The van der Waals surface area contributed by atoms with Crippen molar-refractivity contribution < 1.29 is 9.59 Å². The summed E-state index contributed by atoms with van der Waals surface area (Å²) in [6.45, 7) is 2.59. The fraction of sp³-hybridized carbons (Fsp3) is 0.263. The Hall–Kier alpha value is -2.33. The molecule has 0 unspecified atom stereocenters. The van der Waals surface area contributed by atoms with Gasteiger partial charge in [0.15, 0.2) is 0 Å². The molecule has 24 heavy (non-hydrogen) atoms. The van der Waals surface area contributed by atoms with Gasteiger partial charge in [-0.15, -0.1) is 0 Å². The number of nitrogens with one attached hydrogen (secondary N) is 1. The Morgan fingerprint density at radius 1 is 1.21 bits per heavy atom. The highest BCUT2D eigenvalue weighted by molar-refractivity contribution is 6.31. The van der Waals surface area contributed by atoms with E-state index < -0.39 is 0 Å². The minimum absolute atomic E-state index is 0.106. The molecular weight excluding hydrogens is 324 g/mol. The van der Waals surface area contributed by atoms with Crippen LogP contribution in [0.15, 0.2) is 42.5 Å². The lowest BCUT2D eigenvalue weighted by molar-refractivity contribution is -0.118. The van der Waals surface area contributed by atoms with Crippen molar-refractivity contribution in [2.45, 2.75) is 26.2 Å². The number of hydrogen-bond donors (Lipinski definition) is 1. The van der Waals surface area contributed by atoms with E-state index in [2.05, 4.69) is 5.32 Å². The van der Waals surface area contributed by atoms with Crippen LogP contribution in [0.3, 0.4) is 0 Å². The molecule has 0 aliphatic carbocycles. The van der Waals surface area contributed by atoms with Crippen molar-refractivity contribution in [3.8, 4) is 0 Å². The quantitative estimate of drug-likeness (QED) is 0.905. The maximum atomic E-state index is 12.4. The predicted octanol–water partition coefficient (Wildman–Crippen LogP) is 4.28. The number of amides is 2. The number of aryl methyl sites for hydroxylation is 1. The van der Waals surface area contributed by atoms with Crippen molar-refractivity contribution >= 4 is 34.8 Å². The van der Waals surface area contributed by atoms with Crippen LogP contribution in [0.5, 0.6) is 0 Å². The third-order valence-corrected chi connectivity index (χ3v) is 4.39. The molecule has 3 rings (SSSR count). The standard InChI is InChI=1S/C19H19ClN2O2/c1-2-18(23)22-10-4-6-13-8-9-16(12-17(13)22)21-19(24)14-5-3-7-15(20)11-14/h3,5,7-9,11-12H,2,4,6,10H2,1H3,(H,21,24). The number of nitrogens with zero attached hydrogens (tertiary/aromatic N) is 1. The first-order valence-corrected chi connectivity index (χ1v) is 8.46. The molecule has 1 aliphatic rings. The SMILES string of the molecule is CCC(=O)N1CCCc2ccc(NC(=O)c3cccc(Cl)c3)cc21. The fourth-order valence-electron chi connectivity index (χ4n) is 2.94. The molecule has 1 N–H and O–H groups in total. The van der Waals surface area contributed by atoms with E-state index in [-0.39, 0.29) is 11.8 Å². The molecule has 5 heteroatoms. The summed E-state index contributed by atoms with van der Waals surface area (Å²) < 4.78 is 0. The average molecular weight is 343 g/mol. The van der Waals surface area contributed by atoms with Crippen molar-refractivity contribution in [1.29, 1.82) is 0 Å². The first-order chi connectivity index (χ1) is 11.6. The summed E-state index contributed by atoms with van der Waals surface area (Å²) in [6.07, 6.45) is 2.39. The molecule has 0 saturated carbocycles. The van der Waals surface area contributed by atoms with Crippen LogP contribution in [0.4, 0.5) is 11.4 Å². The Balaban J connectivity index is 1.85. The van der Waals surface area contributed by atoms with Crippen molar-refractivity contribution in [2.24, 2.45) is 0 Å². The van der Waals surface area contributed by atoms with Crippen LogP contribution in [0.2, 0.25) is 5.02 Å². The second-order valence-corrected chi connectivity index (χ2v) is 6.25. The first-order valence-electron chi connectivity index (χ1n) is 8.08. The fourth-order valence-corrected chi connectivity index (χ4v) is 3.13. The molecule has 0 atom stereocenters. The lowest BCUT2D eigenvalue weighted by Crippen LogP contribution is -2.35. The van der Waals surface area contributed by atoms with Crippen LogP contribution in [0.1, 0.15) is 35.7 Å². The zero-order valence-corrected chi connectivity index (χ0v) is 14.3. The number of anilines is 2. The Labute approximate surface area is 146 Å². The van der Waals surface area contributed by atoms with Gasteiger partial charge >= 0.3 is 0 Å². The van der Waals surface area contributed by atoms with E-state index in [1.165, 1.54) is 0 Å². The largest absolute Gasteiger partial charge is 0.322 e. The molecular formula is C19H19ClN2O2. The highest BCUT2D eigenvalue weighted by Gasteiger charge is 2.22. The van der Waals surface area contributed by atoms with Gasteiger partial charge in [-0.05, 0) is 48.7 Å². The summed E-state index contributed by atoms with van der Waals surface area (Å²) in [6, 6.07) is 12.6. The lowest BCUT2D eigenvalue weighted by atomic mass is 10.0. The zero-order valence-electron chi connectivity index (χ0n) is 13.5. The van der Waals surface area contributed by atoms with Crippen LogP contribution < -0.4 is 10.2 Å². The number of fused-ring (bicyclic) bond motifs is 1. The van der Waals surface area contributed by atoms with Crippen LogP contribution in [0, 0.1) is 0 Å². The average Bonchev–Trinajstić information content (AvgIpc) is 2.60. The summed E-state index contributed by atoms with van der Waals surface area (Å²) in [5.74, 6) is -0.115. The molecule has 0 bridgehead atoms. The van der Waals surface area contributed by atoms with E-state index >= 15 is 0 Å². The normalized spacial score (nSPS) is 13.3. The van der Waals surface area contributed by atoms with Gasteiger partial charge in [-0.3, -0.25) is 9.59 Å². The molecule has 124 valence electrons. The Bertz CT molecular complexity index is 789. The van der Waals surface area contributed by atoms with Crippen LogP contribution in [-0.2, 0) is 11.2 Å². The van der Waals surface area contributed by atoms with Crippen LogP contribution in [0.25, 0.3) is 0 Å². The molecule has 2 aromatic carbocycles. The summed E-state index contributed by atoms with van der Waals surface area (Å²) in [5, 5.41) is 3.40. The Kier molecular flexibility index (Phi) is 4.86. The van der Waals surface area contributed by atoms with Crippen LogP contribution in [-0.4, -0.2) is 18.4 Å². The minimum Gasteiger partial charge on any atom is -0.322 e. The van der Waals surface area contributed by atoms with Gasteiger partial charge in [0.05, 0.1) is 0 Å². The van der Waals surface area contributed by atoms with Gasteiger partial charge in [-0.25, -0.2) is 0 Å². The van der Waals surface area contributed by atoms with Crippen molar-refractivity contribution in [2.75, 3.05) is 16.8 Å². The molecule has 1 heterocycles. The topological polar surface area (TPSA) is 49.4 Å². The van der Waals surface area contributed by atoms with E-state index in [1.54, 1.807) is 24.3 Å². The van der Waals surface area contributed by atoms with Gasteiger partial charge in [0.25, 0.3) is 5.91 Å². The van der Waals surface area contributed by atoms with Gasteiger partial charge in [0.1, 0.15) is 0 Å². The number of benzene rings is 2. The smallest absolute Gasteiger partial charge is 0.255 e. The van der Waals surface area contributed by atoms with Crippen LogP contribution >= 0.6 is 11.6 Å². The Morgan fingerprint density at radius 3 is 2.79 bits per heavy atom. The predicted molar refractivity (Wildman–Crippen MR) is 96.8 cm³/mol.